The third kappa shape index (κ3) is 3.23. The first-order valence-corrected chi connectivity index (χ1v) is 10.6. The van der Waals surface area contributed by atoms with Gasteiger partial charge in [-0.3, -0.25) is 9.67 Å². The number of pyridine rings is 1. The molecular formula is C19H20FN3O3S. The van der Waals surface area contributed by atoms with E-state index in [0.29, 0.717) is 24.1 Å². The Bertz CT molecular complexity index is 1120. The minimum Gasteiger partial charge on any atom is -0.376 e. The van der Waals surface area contributed by atoms with Gasteiger partial charge in [-0.25, -0.2) is 8.42 Å². The van der Waals surface area contributed by atoms with Crippen molar-refractivity contribution in [3.63, 3.8) is 0 Å². The smallest absolute Gasteiger partial charge is 0.240 e. The molecule has 0 aliphatic carbocycles. The molecule has 142 valence electrons. The fourth-order valence-corrected chi connectivity index (χ4v) is 4.73. The van der Waals surface area contributed by atoms with Gasteiger partial charge >= 0.3 is 0 Å². The highest BCUT2D eigenvalue weighted by Gasteiger charge is 2.28. The fraction of sp³-hybridized carbons (Fsp3) is 0.368. The molecule has 2 aromatic heterocycles. The Morgan fingerprint density at radius 1 is 1.33 bits per heavy atom. The minimum atomic E-state index is -3.13. The first-order chi connectivity index (χ1) is 12.9. The number of hydrogen-bond donors (Lipinski definition) is 0. The summed E-state index contributed by atoms with van der Waals surface area (Å²) in [5.41, 5.74) is 4.28. The second kappa shape index (κ2) is 6.69. The van der Waals surface area contributed by atoms with E-state index in [1.165, 1.54) is 4.68 Å². The number of benzene rings is 1. The SMILES string of the molecule is CCS(=O)(=O)CC1COCc2c(-c3ccc4c(F)nn(C)c4c3)cncc21. The molecule has 3 aromatic rings. The van der Waals surface area contributed by atoms with Gasteiger partial charge < -0.3 is 4.74 Å². The summed E-state index contributed by atoms with van der Waals surface area (Å²) in [5.74, 6) is -0.577. The van der Waals surface area contributed by atoms with Gasteiger partial charge in [-0.1, -0.05) is 13.0 Å². The molecule has 0 saturated heterocycles. The van der Waals surface area contributed by atoms with Gasteiger partial charge in [0.05, 0.1) is 29.9 Å². The summed E-state index contributed by atoms with van der Waals surface area (Å²) in [5, 5.41) is 4.28. The van der Waals surface area contributed by atoms with E-state index in [-0.39, 0.29) is 17.4 Å². The van der Waals surface area contributed by atoms with Crippen molar-refractivity contribution in [2.45, 2.75) is 19.4 Å². The maximum Gasteiger partial charge on any atom is 0.240 e. The highest BCUT2D eigenvalue weighted by molar-refractivity contribution is 7.91. The number of aryl methyl sites for hydroxylation is 1. The number of ether oxygens (including phenoxy) is 1. The number of halogens is 1. The van der Waals surface area contributed by atoms with Crippen LogP contribution in [0, 0.1) is 5.95 Å². The Kier molecular flexibility index (Phi) is 4.47. The van der Waals surface area contributed by atoms with E-state index >= 15 is 0 Å². The van der Waals surface area contributed by atoms with Gasteiger partial charge in [0.1, 0.15) is 0 Å². The van der Waals surface area contributed by atoms with Crippen LogP contribution in [0.2, 0.25) is 0 Å². The number of nitrogens with zero attached hydrogens (tertiary/aromatic N) is 3. The van der Waals surface area contributed by atoms with Crippen molar-refractivity contribution in [1.82, 2.24) is 14.8 Å². The largest absolute Gasteiger partial charge is 0.376 e. The number of sulfone groups is 1. The Morgan fingerprint density at radius 2 is 2.15 bits per heavy atom. The van der Waals surface area contributed by atoms with Crippen LogP contribution in [0.15, 0.2) is 30.6 Å². The number of rotatable bonds is 4. The topological polar surface area (TPSA) is 74.1 Å². The van der Waals surface area contributed by atoms with Crippen LogP contribution in [-0.2, 0) is 28.2 Å². The zero-order chi connectivity index (χ0) is 19.2. The van der Waals surface area contributed by atoms with Gasteiger partial charge in [0, 0.05) is 36.7 Å². The van der Waals surface area contributed by atoms with E-state index in [4.69, 9.17) is 4.74 Å². The molecule has 4 rings (SSSR count). The van der Waals surface area contributed by atoms with Crippen molar-refractivity contribution in [2.75, 3.05) is 18.1 Å². The average molecular weight is 389 g/mol. The molecule has 1 aliphatic heterocycles. The number of aromatic nitrogens is 3. The maximum atomic E-state index is 13.8. The highest BCUT2D eigenvalue weighted by Crippen LogP contribution is 2.35. The lowest BCUT2D eigenvalue weighted by atomic mass is 9.90. The van der Waals surface area contributed by atoms with Crippen molar-refractivity contribution >= 4 is 20.7 Å². The molecule has 0 saturated carbocycles. The Morgan fingerprint density at radius 3 is 2.93 bits per heavy atom. The lowest BCUT2D eigenvalue weighted by Crippen LogP contribution is -2.25. The highest BCUT2D eigenvalue weighted by atomic mass is 32.2. The molecule has 6 nitrogen and oxygen atoms in total. The summed E-state index contributed by atoms with van der Waals surface area (Å²) in [6.07, 6.45) is 3.48. The lowest BCUT2D eigenvalue weighted by molar-refractivity contribution is 0.0958. The summed E-state index contributed by atoms with van der Waals surface area (Å²) in [4.78, 5) is 4.34. The van der Waals surface area contributed by atoms with Crippen LogP contribution in [0.1, 0.15) is 24.0 Å². The number of hydrogen-bond acceptors (Lipinski definition) is 5. The summed E-state index contributed by atoms with van der Waals surface area (Å²) in [7, 11) is -1.43. The lowest BCUT2D eigenvalue weighted by Gasteiger charge is -2.27. The molecule has 3 heterocycles. The zero-order valence-corrected chi connectivity index (χ0v) is 16.0. The third-order valence-electron chi connectivity index (χ3n) is 5.11. The summed E-state index contributed by atoms with van der Waals surface area (Å²) in [6.45, 7) is 2.41. The monoisotopic (exact) mass is 389 g/mol. The molecule has 0 N–H and O–H groups in total. The third-order valence-corrected chi connectivity index (χ3v) is 6.90. The van der Waals surface area contributed by atoms with Gasteiger partial charge in [0.2, 0.25) is 5.95 Å². The van der Waals surface area contributed by atoms with Crippen LogP contribution in [0.25, 0.3) is 22.0 Å². The van der Waals surface area contributed by atoms with Gasteiger partial charge in [0.25, 0.3) is 0 Å². The molecule has 0 bridgehead atoms. The van der Waals surface area contributed by atoms with Crippen LogP contribution in [0.5, 0.6) is 0 Å². The second-order valence-electron chi connectivity index (χ2n) is 6.81. The van der Waals surface area contributed by atoms with E-state index < -0.39 is 15.8 Å². The molecule has 1 atom stereocenters. The fourth-order valence-electron chi connectivity index (χ4n) is 3.60. The van der Waals surface area contributed by atoms with Crippen LogP contribution in [0.4, 0.5) is 4.39 Å². The molecule has 27 heavy (non-hydrogen) atoms. The van der Waals surface area contributed by atoms with Crippen molar-refractivity contribution in [3.05, 3.63) is 47.7 Å². The Balaban J connectivity index is 1.81. The van der Waals surface area contributed by atoms with Crippen LogP contribution >= 0.6 is 0 Å². The molecule has 0 fully saturated rings. The number of fused-ring (bicyclic) bond motifs is 2. The molecule has 1 aromatic carbocycles. The van der Waals surface area contributed by atoms with Gasteiger partial charge in [-0.15, -0.1) is 5.10 Å². The van der Waals surface area contributed by atoms with Gasteiger partial charge in [-0.2, -0.15) is 4.39 Å². The van der Waals surface area contributed by atoms with Crippen molar-refractivity contribution < 1.29 is 17.5 Å². The van der Waals surface area contributed by atoms with Crippen LogP contribution in [-0.4, -0.2) is 41.3 Å². The van der Waals surface area contributed by atoms with Gasteiger partial charge in [0.15, 0.2) is 9.84 Å². The van der Waals surface area contributed by atoms with E-state index in [9.17, 15) is 12.8 Å². The minimum absolute atomic E-state index is 0.0492. The zero-order valence-electron chi connectivity index (χ0n) is 15.1. The van der Waals surface area contributed by atoms with Crippen LogP contribution in [0.3, 0.4) is 0 Å². The summed E-state index contributed by atoms with van der Waals surface area (Å²) < 4.78 is 45.2. The molecule has 8 heteroatoms. The average Bonchev–Trinajstić information content (AvgIpc) is 2.95. The predicted octanol–water partition coefficient (Wildman–Crippen LogP) is 2.82. The van der Waals surface area contributed by atoms with Gasteiger partial charge in [-0.05, 0) is 28.8 Å². The van der Waals surface area contributed by atoms with E-state index in [2.05, 4.69) is 10.1 Å². The second-order valence-corrected chi connectivity index (χ2v) is 9.21. The van der Waals surface area contributed by atoms with E-state index in [1.54, 1.807) is 32.4 Å². The van der Waals surface area contributed by atoms with Crippen molar-refractivity contribution in [1.29, 1.82) is 0 Å². The quantitative estimate of drug-likeness (QED) is 0.686. The van der Waals surface area contributed by atoms with Crippen molar-refractivity contribution in [3.8, 4) is 11.1 Å². The summed E-state index contributed by atoms with van der Waals surface area (Å²) in [6, 6.07) is 5.40. The normalized spacial score (nSPS) is 17.2. The van der Waals surface area contributed by atoms with E-state index in [1.807, 2.05) is 12.1 Å². The first-order valence-electron chi connectivity index (χ1n) is 8.77. The predicted molar refractivity (Wildman–Crippen MR) is 101 cm³/mol. The van der Waals surface area contributed by atoms with Crippen molar-refractivity contribution in [2.24, 2.45) is 7.05 Å². The molecule has 0 amide bonds. The molecule has 0 spiro atoms. The molecule has 1 unspecified atom stereocenters. The molecular weight excluding hydrogens is 369 g/mol. The first kappa shape index (κ1) is 18.1. The van der Waals surface area contributed by atoms with E-state index in [0.717, 1.165) is 22.3 Å². The standard InChI is InChI=1S/C19H20FN3O3S/c1-3-27(24,25)11-13-9-26-10-17-15(7-21-8-16(13)17)12-4-5-14-18(6-12)23(2)22-19(14)20/h4-8,13H,3,9-11H2,1-2H3. The molecule has 0 radical (unpaired) electrons. The maximum absolute atomic E-state index is 13.8. The Hall–Kier alpha value is -2.32. The summed E-state index contributed by atoms with van der Waals surface area (Å²) >= 11 is 0. The van der Waals surface area contributed by atoms with Crippen LogP contribution < -0.4 is 0 Å². The Labute approximate surface area is 156 Å². The molecule has 1 aliphatic rings.